The molecule has 148 valence electrons. The maximum atomic E-state index is 13.3. The molecule has 29 heavy (non-hydrogen) atoms. The smallest absolute Gasteiger partial charge is 0.261 e. The molecule has 1 saturated heterocycles. The molecule has 1 aromatic heterocycles. The number of benzene rings is 2. The molecule has 0 bridgehead atoms. The first-order chi connectivity index (χ1) is 13.9. The highest BCUT2D eigenvalue weighted by atomic mass is 35.5. The first kappa shape index (κ1) is 18.3. The van der Waals surface area contributed by atoms with E-state index in [-0.39, 0.29) is 22.9 Å². The van der Waals surface area contributed by atoms with E-state index in [1.54, 1.807) is 18.2 Å². The number of fused-ring (bicyclic) bond motifs is 2. The lowest BCUT2D eigenvalue weighted by molar-refractivity contribution is 0.0516. The summed E-state index contributed by atoms with van der Waals surface area (Å²) in [6.45, 7) is 1.73. The molecule has 0 atom stereocenters. The molecule has 6 nitrogen and oxygen atoms in total. The largest absolute Gasteiger partial charge is 0.338 e. The van der Waals surface area contributed by atoms with E-state index in [1.807, 2.05) is 7.05 Å². The van der Waals surface area contributed by atoms with Crippen molar-refractivity contribution in [1.29, 1.82) is 0 Å². The summed E-state index contributed by atoms with van der Waals surface area (Å²) in [5.41, 5.74) is 2.51. The van der Waals surface area contributed by atoms with Gasteiger partial charge in [0.2, 0.25) is 0 Å². The molecule has 3 heterocycles. The predicted octanol–water partition coefficient (Wildman–Crippen LogP) is 3.71. The minimum absolute atomic E-state index is 0.0708. The van der Waals surface area contributed by atoms with Crippen LogP contribution in [-0.2, 0) is 0 Å². The van der Waals surface area contributed by atoms with Gasteiger partial charge in [-0.05, 0) is 63.3 Å². The van der Waals surface area contributed by atoms with Gasteiger partial charge < -0.3 is 9.88 Å². The quantitative estimate of drug-likeness (QED) is 0.651. The summed E-state index contributed by atoms with van der Waals surface area (Å²) in [6, 6.07) is 7.32. The van der Waals surface area contributed by atoms with Crippen LogP contribution in [0.1, 0.15) is 33.6 Å². The number of nitrogens with zero attached hydrogens (tertiary/aromatic N) is 3. The lowest BCUT2D eigenvalue weighted by Crippen LogP contribution is -2.46. The van der Waals surface area contributed by atoms with Crippen LogP contribution < -0.4 is 0 Å². The van der Waals surface area contributed by atoms with Gasteiger partial charge in [0.15, 0.2) is 0 Å². The third-order valence-electron chi connectivity index (χ3n) is 5.76. The normalized spacial score (nSPS) is 18.1. The molecule has 0 radical (unpaired) electrons. The van der Waals surface area contributed by atoms with Gasteiger partial charge in [-0.3, -0.25) is 14.5 Å². The second-order valence-corrected chi connectivity index (χ2v) is 8.05. The van der Waals surface area contributed by atoms with Gasteiger partial charge in [-0.1, -0.05) is 11.6 Å². The van der Waals surface area contributed by atoms with Gasteiger partial charge in [-0.25, -0.2) is 9.37 Å². The van der Waals surface area contributed by atoms with E-state index in [0.29, 0.717) is 33.5 Å². The molecule has 2 aromatic carbocycles. The van der Waals surface area contributed by atoms with Crippen molar-refractivity contribution >= 4 is 34.4 Å². The van der Waals surface area contributed by atoms with Crippen LogP contribution >= 0.6 is 11.6 Å². The summed E-state index contributed by atoms with van der Waals surface area (Å²) < 4.78 is 13.3. The van der Waals surface area contributed by atoms with Crippen molar-refractivity contribution in [2.24, 2.45) is 0 Å². The Morgan fingerprint density at radius 1 is 1.07 bits per heavy atom. The molecule has 8 heteroatoms. The number of H-pyrrole nitrogens is 1. The van der Waals surface area contributed by atoms with Gasteiger partial charge in [0.25, 0.3) is 11.8 Å². The van der Waals surface area contributed by atoms with Crippen molar-refractivity contribution in [3.8, 4) is 11.4 Å². The van der Waals surface area contributed by atoms with E-state index in [1.165, 1.54) is 17.0 Å². The van der Waals surface area contributed by atoms with E-state index in [4.69, 9.17) is 11.6 Å². The summed E-state index contributed by atoms with van der Waals surface area (Å²) in [5, 5.41) is 0.234. The van der Waals surface area contributed by atoms with Gasteiger partial charge in [0.1, 0.15) is 11.6 Å². The first-order valence-electron chi connectivity index (χ1n) is 9.48. The van der Waals surface area contributed by atoms with E-state index in [2.05, 4.69) is 14.9 Å². The summed E-state index contributed by atoms with van der Waals surface area (Å²) in [6.07, 6.45) is 1.57. The number of aromatic amines is 1. The van der Waals surface area contributed by atoms with Gasteiger partial charge in [0, 0.05) is 11.6 Å². The van der Waals surface area contributed by atoms with Crippen LogP contribution in [0.5, 0.6) is 0 Å². The molecule has 0 saturated carbocycles. The summed E-state index contributed by atoms with van der Waals surface area (Å²) in [4.78, 5) is 37.2. The number of imidazole rings is 1. The number of imide groups is 1. The van der Waals surface area contributed by atoms with Crippen LogP contribution in [0.3, 0.4) is 0 Å². The predicted molar refractivity (Wildman–Crippen MR) is 108 cm³/mol. The number of nitrogens with one attached hydrogen (secondary N) is 1. The van der Waals surface area contributed by atoms with Crippen molar-refractivity contribution in [3.05, 3.63) is 52.3 Å². The Morgan fingerprint density at radius 3 is 2.45 bits per heavy atom. The second-order valence-electron chi connectivity index (χ2n) is 7.64. The molecule has 0 unspecified atom stereocenters. The number of halogens is 2. The molecule has 0 aliphatic carbocycles. The Hall–Kier alpha value is -2.77. The minimum atomic E-state index is -0.431. The molecule has 5 rings (SSSR count). The minimum Gasteiger partial charge on any atom is -0.338 e. The number of amides is 2. The highest BCUT2D eigenvalue weighted by Crippen LogP contribution is 2.33. The molecular weight excluding hydrogens is 395 g/mol. The zero-order chi connectivity index (χ0) is 20.3. The average molecular weight is 413 g/mol. The molecular formula is C21H18ClFN4O2. The number of carbonyl (C=O) groups is 2. The zero-order valence-corrected chi connectivity index (χ0v) is 16.5. The topological polar surface area (TPSA) is 69.3 Å². The number of hydrogen-bond acceptors (Lipinski definition) is 4. The number of piperidine rings is 1. The Bertz CT molecular complexity index is 1110. The highest BCUT2D eigenvalue weighted by molar-refractivity contribution is 6.33. The average Bonchev–Trinajstić information content (AvgIpc) is 3.20. The number of likely N-dealkylation sites (tertiary alicyclic amines) is 1. The van der Waals surface area contributed by atoms with E-state index >= 15 is 0 Å². The van der Waals surface area contributed by atoms with Crippen LogP contribution in [0.25, 0.3) is 22.4 Å². The SMILES string of the molecule is CN1CCC(N2C(=O)c3cc4nc(-c5ccc(F)cc5Cl)[nH]c4cc3C2=O)CC1. The van der Waals surface area contributed by atoms with Crippen LogP contribution in [0.4, 0.5) is 4.39 Å². The maximum Gasteiger partial charge on any atom is 0.261 e. The van der Waals surface area contributed by atoms with Crippen LogP contribution in [-0.4, -0.2) is 57.8 Å². The third kappa shape index (κ3) is 2.92. The first-order valence-corrected chi connectivity index (χ1v) is 9.86. The number of hydrogen-bond donors (Lipinski definition) is 1. The summed E-state index contributed by atoms with van der Waals surface area (Å²) in [7, 11) is 2.04. The van der Waals surface area contributed by atoms with E-state index in [0.717, 1.165) is 25.9 Å². The second kappa shape index (κ2) is 6.64. The van der Waals surface area contributed by atoms with Gasteiger partial charge in [-0.2, -0.15) is 0 Å². The van der Waals surface area contributed by atoms with E-state index in [9.17, 15) is 14.0 Å². The van der Waals surface area contributed by atoms with Gasteiger partial charge >= 0.3 is 0 Å². The standard InChI is InChI=1S/C21H18ClFN4O2/c1-26-6-4-12(5-7-26)27-20(28)14-9-17-18(10-15(14)21(27)29)25-19(24-17)13-3-2-11(23)8-16(13)22/h2-3,8-10,12H,4-7H2,1H3,(H,24,25). The van der Waals surface area contributed by atoms with Crippen LogP contribution in [0.15, 0.2) is 30.3 Å². The maximum absolute atomic E-state index is 13.3. The molecule has 1 fully saturated rings. The lowest BCUT2D eigenvalue weighted by atomic mass is 10.0. The number of aromatic nitrogens is 2. The van der Waals surface area contributed by atoms with Crippen LogP contribution in [0.2, 0.25) is 5.02 Å². The summed E-state index contributed by atoms with van der Waals surface area (Å²) >= 11 is 6.14. The Balaban J connectivity index is 1.52. The third-order valence-corrected chi connectivity index (χ3v) is 6.07. The van der Waals surface area contributed by atoms with Crippen molar-refractivity contribution in [3.63, 3.8) is 0 Å². The van der Waals surface area contributed by atoms with E-state index < -0.39 is 5.82 Å². The highest BCUT2D eigenvalue weighted by Gasteiger charge is 2.41. The van der Waals surface area contributed by atoms with Gasteiger partial charge in [0.05, 0.1) is 27.2 Å². The van der Waals surface area contributed by atoms with Crippen molar-refractivity contribution in [2.75, 3.05) is 20.1 Å². The Labute approximate surface area is 171 Å². The Morgan fingerprint density at radius 2 is 1.76 bits per heavy atom. The molecule has 2 aliphatic heterocycles. The van der Waals surface area contributed by atoms with Crippen LogP contribution in [0, 0.1) is 5.82 Å². The van der Waals surface area contributed by atoms with Crippen molar-refractivity contribution in [2.45, 2.75) is 18.9 Å². The fourth-order valence-corrected chi connectivity index (χ4v) is 4.41. The molecule has 2 aliphatic rings. The number of rotatable bonds is 2. The fourth-order valence-electron chi connectivity index (χ4n) is 4.16. The summed E-state index contributed by atoms with van der Waals surface area (Å²) in [5.74, 6) is -0.483. The zero-order valence-electron chi connectivity index (χ0n) is 15.7. The molecule has 2 amide bonds. The Kier molecular flexibility index (Phi) is 4.18. The fraction of sp³-hybridized carbons (Fsp3) is 0.286. The lowest BCUT2D eigenvalue weighted by Gasteiger charge is -2.33. The van der Waals surface area contributed by atoms with Crippen molar-refractivity contribution < 1.29 is 14.0 Å². The molecule has 1 N–H and O–H groups in total. The van der Waals surface area contributed by atoms with Crippen molar-refractivity contribution in [1.82, 2.24) is 19.8 Å². The molecule has 3 aromatic rings. The number of carbonyl (C=O) groups excluding carboxylic acids is 2. The monoisotopic (exact) mass is 412 g/mol. The van der Waals surface area contributed by atoms with Gasteiger partial charge in [-0.15, -0.1) is 0 Å². The molecule has 0 spiro atoms.